The third-order valence-electron chi connectivity index (χ3n) is 2.45. The topological polar surface area (TPSA) is 21.3 Å². The van der Waals surface area contributed by atoms with Crippen LogP contribution in [0.3, 0.4) is 0 Å². The van der Waals surface area contributed by atoms with E-state index >= 15 is 0 Å². The van der Waals surface area contributed by atoms with E-state index in [1.165, 1.54) is 5.56 Å². The zero-order chi connectivity index (χ0) is 12.1. The second kappa shape index (κ2) is 5.92. The molecule has 0 saturated heterocycles. The molecular formula is C13H18ClNO. The zero-order valence-corrected chi connectivity index (χ0v) is 10.8. The Balaban J connectivity index is 2.84. The van der Waals surface area contributed by atoms with Gasteiger partial charge < -0.3 is 10.1 Å². The SMILES string of the molecule is C=C(Cl)CNC(C)c1cc(C)ccc1OC. The summed E-state index contributed by atoms with van der Waals surface area (Å²) in [5.41, 5.74) is 2.36. The van der Waals surface area contributed by atoms with Crippen LogP contribution >= 0.6 is 11.6 Å². The van der Waals surface area contributed by atoms with E-state index in [0.717, 1.165) is 11.3 Å². The first-order valence-corrected chi connectivity index (χ1v) is 5.63. The summed E-state index contributed by atoms with van der Waals surface area (Å²) >= 11 is 5.73. The molecule has 88 valence electrons. The van der Waals surface area contributed by atoms with Gasteiger partial charge in [-0.2, -0.15) is 0 Å². The molecule has 0 heterocycles. The minimum Gasteiger partial charge on any atom is -0.496 e. The summed E-state index contributed by atoms with van der Waals surface area (Å²) in [5.74, 6) is 0.894. The van der Waals surface area contributed by atoms with Gasteiger partial charge in [0, 0.05) is 23.2 Å². The smallest absolute Gasteiger partial charge is 0.123 e. The van der Waals surface area contributed by atoms with E-state index in [-0.39, 0.29) is 6.04 Å². The Bertz CT molecular complexity index is 376. The molecule has 16 heavy (non-hydrogen) atoms. The van der Waals surface area contributed by atoms with Gasteiger partial charge in [0.05, 0.1) is 7.11 Å². The van der Waals surface area contributed by atoms with Gasteiger partial charge >= 0.3 is 0 Å². The van der Waals surface area contributed by atoms with Crippen molar-refractivity contribution in [2.24, 2.45) is 0 Å². The Morgan fingerprint density at radius 2 is 2.25 bits per heavy atom. The van der Waals surface area contributed by atoms with Gasteiger partial charge in [-0.3, -0.25) is 0 Å². The van der Waals surface area contributed by atoms with Crippen LogP contribution in [0.1, 0.15) is 24.1 Å². The lowest BCUT2D eigenvalue weighted by Crippen LogP contribution is -2.20. The van der Waals surface area contributed by atoms with Crippen LogP contribution in [0.15, 0.2) is 29.8 Å². The normalized spacial score (nSPS) is 12.2. The maximum absolute atomic E-state index is 5.73. The highest BCUT2D eigenvalue weighted by Gasteiger charge is 2.10. The highest BCUT2D eigenvalue weighted by molar-refractivity contribution is 6.29. The maximum atomic E-state index is 5.73. The third-order valence-corrected chi connectivity index (χ3v) is 2.59. The number of halogens is 1. The third kappa shape index (κ3) is 3.54. The van der Waals surface area contributed by atoms with E-state index in [1.54, 1.807) is 7.11 Å². The Morgan fingerprint density at radius 3 is 2.81 bits per heavy atom. The fourth-order valence-corrected chi connectivity index (χ4v) is 1.64. The minimum absolute atomic E-state index is 0.186. The lowest BCUT2D eigenvalue weighted by molar-refractivity contribution is 0.402. The van der Waals surface area contributed by atoms with Crippen molar-refractivity contribution in [2.75, 3.05) is 13.7 Å². The molecule has 0 aliphatic heterocycles. The van der Waals surface area contributed by atoms with Gasteiger partial charge in [0.15, 0.2) is 0 Å². The van der Waals surface area contributed by atoms with Gasteiger partial charge in [-0.1, -0.05) is 35.9 Å². The molecule has 0 aliphatic carbocycles. The Labute approximate surface area is 102 Å². The second-order valence-electron chi connectivity index (χ2n) is 3.87. The highest BCUT2D eigenvalue weighted by Crippen LogP contribution is 2.26. The molecule has 1 unspecified atom stereocenters. The van der Waals surface area contributed by atoms with E-state index in [0.29, 0.717) is 11.6 Å². The van der Waals surface area contributed by atoms with Gasteiger partial charge in [0.25, 0.3) is 0 Å². The van der Waals surface area contributed by atoms with Crippen LogP contribution in [-0.2, 0) is 0 Å². The van der Waals surface area contributed by atoms with Gasteiger partial charge in [0.1, 0.15) is 5.75 Å². The van der Waals surface area contributed by atoms with Gasteiger partial charge in [-0.15, -0.1) is 0 Å². The molecule has 0 aromatic heterocycles. The maximum Gasteiger partial charge on any atom is 0.123 e. The molecule has 3 heteroatoms. The van der Waals surface area contributed by atoms with Crippen molar-refractivity contribution in [3.63, 3.8) is 0 Å². The number of nitrogens with one attached hydrogen (secondary N) is 1. The number of aryl methyl sites for hydroxylation is 1. The van der Waals surface area contributed by atoms with E-state index in [1.807, 2.05) is 12.1 Å². The molecule has 0 amide bonds. The predicted molar refractivity (Wildman–Crippen MR) is 69.1 cm³/mol. The summed E-state index contributed by atoms with van der Waals surface area (Å²) in [4.78, 5) is 0. The van der Waals surface area contributed by atoms with Crippen molar-refractivity contribution in [1.29, 1.82) is 0 Å². The standard InChI is InChI=1S/C13H18ClNO/c1-9-5-6-13(16-4)12(7-9)11(3)15-8-10(2)14/h5-7,11,15H,2,8H2,1,3-4H3. The number of ether oxygens (including phenoxy) is 1. The second-order valence-corrected chi connectivity index (χ2v) is 4.40. The lowest BCUT2D eigenvalue weighted by atomic mass is 10.0. The van der Waals surface area contributed by atoms with Crippen molar-refractivity contribution < 1.29 is 4.74 Å². The molecule has 0 aliphatic rings. The first-order valence-electron chi connectivity index (χ1n) is 5.25. The van der Waals surface area contributed by atoms with E-state index in [9.17, 15) is 0 Å². The van der Waals surface area contributed by atoms with E-state index in [4.69, 9.17) is 16.3 Å². The first-order chi connectivity index (χ1) is 7.54. The summed E-state index contributed by atoms with van der Waals surface area (Å²) < 4.78 is 5.33. The average Bonchev–Trinajstić information content (AvgIpc) is 2.25. The lowest BCUT2D eigenvalue weighted by Gasteiger charge is -2.17. The number of hydrogen-bond donors (Lipinski definition) is 1. The van der Waals surface area contributed by atoms with Crippen LogP contribution in [0.2, 0.25) is 0 Å². The molecule has 1 atom stereocenters. The van der Waals surface area contributed by atoms with Crippen LogP contribution in [0.25, 0.3) is 0 Å². The van der Waals surface area contributed by atoms with E-state index in [2.05, 4.69) is 31.8 Å². The van der Waals surface area contributed by atoms with Gasteiger partial charge in [-0.05, 0) is 19.9 Å². The molecule has 0 spiro atoms. The molecule has 0 radical (unpaired) electrons. The van der Waals surface area contributed by atoms with Crippen molar-refractivity contribution in [3.05, 3.63) is 40.9 Å². The summed E-state index contributed by atoms with van der Waals surface area (Å²) in [6.45, 7) is 8.40. The van der Waals surface area contributed by atoms with E-state index < -0.39 is 0 Å². The number of hydrogen-bond acceptors (Lipinski definition) is 2. The minimum atomic E-state index is 0.186. The van der Waals surface area contributed by atoms with Crippen molar-refractivity contribution >= 4 is 11.6 Å². The fourth-order valence-electron chi connectivity index (χ4n) is 1.57. The monoisotopic (exact) mass is 239 g/mol. The number of rotatable bonds is 5. The number of methoxy groups -OCH3 is 1. The van der Waals surface area contributed by atoms with Crippen molar-refractivity contribution in [3.8, 4) is 5.75 Å². The fraction of sp³-hybridized carbons (Fsp3) is 0.385. The molecule has 1 aromatic carbocycles. The molecule has 0 bridgehead atoms. The van der Waals surface area contributed by atoms with Crippen LogP contribution in [0.5, 0.6) is 5.75 Å². The first kappa shape index (κ1) is 13.1. The quantitative estimate of drug-likeness (QED) is 0.850. The molecule has 2 nitrogen and oxygen atoms in total. The van der Waals surface area contributed by atoms with Crippen LogP contribution < -0.4 is 10.1 Å². The Hall–Kier alpha value is -0.990. The molecule has 1 N–H and O–H groups in total. The highest BCUT2D eigenvalue weighted by atomic mass is 35.5. The van der Waals surface area contributed by atoms with Crippen LogP contribution in [0, 0.1) is 6.92 Å². The van der Waals surface area contributed by atoms with Gasteiger partial charge in [-0.25, -0.2) is 0 Å². The largest absolute Gasteiger partial charge is 0.496 e. The Morgan fingerprint density at radius 1 is 1.56 bits per heavy atom. The zero-order valence-electron chi connectivity index (χ0n) is 10.0. The summed E-state index contributed by atoms with van der Waals surface area (Å²) in [5, 5.41) is 3.90. The molecule has 0 saturated carbocycles. The summed E-state index contributed by atoms with van der Waals surface area (Å²) in [6.07, 6.45) is 0. The average molecular weight is 240 g/mol. The van der Waals surface area contributed by atoms with Crippen LogP contribution in [-0.4, -0.2) is 13.7 Å². The molecule has 1 aromatic rings. The van der Waals surface area contributed by atoms with Crippen molar-refractivity contribution in [1.82, 2.24) is 5.32 Å². The van der Waals surface area contributed by atoms with Crippen molar-refractivity contribution in [2.45, 2.75) is 19.9 Å². The molecule has 0 fully saturated rings. The molecular weight excluding hydrogens is 222 g/mol. The van der Waals surface area contributed by atoms with Gasteiger partial charge in [0.2, 0.25) is 0 Å². The summed E-state index contributed by atoms with van der Waals surface area (Å²) in [6, 6.07) is 6.33. The Kier molecular flexibility index (Phi) is 4.84. The van der Waals surface area contributed by atoms with Crippen LogP contribution in [0.4, 0.5) is 0 Å². The molecule has 1 rings (SSSR count). The predicted octanol–water partition coefficient (Wildman–Crippen LogP) is 3.41. The summed E-state index contributed by atoms with van der Waals surface area (Å²) in [7, 11) is 1.68. The number of benzene rings is 1.